The third kappa shape index (κ3) is 2.51. The monoisotopic (exact) mass is 225 g/mol. The molecule has 0 aromatic carbocycles. The second kappa shape index (κ2) is 4.85. The van der Waals surface area contributed by atoms with Crippen LogP contribution in [-0.2, 0) is 4.74 Å². The van der Waals surface area contributed by atoms with Gasteiger partial charge in [0.2, 0.25) is 11.0 Å². The number of imidazole rings is 1. The van der Waals surface area contributed by atoms with Crippen LogP contribution in [0, 0.1) is 0 Å². The predicted molar refractivity (Wildman–Crippen MR) is 57.9 cm³/mol. The fraction of sp³-hybridized carbons (Fsp3) is 0.375. The Morgan fingerprint density at radius 1 is 1.60 bits per heavy atom. The molecule has 6 nitrogen and oxygen atoms in total. The van der Waals surface area contributed by atoms with Crippen LogP contribution >= 0.6 is 11.5 Å². The van der Waals surface area contributed by atoms with Crippen molar-refractivity contribution in [1.29, 1.82) is 0 Å². The number of H-pyrrole nitrogens is 1. The lowest BCUT2D eigenvalue weighted by atomic mass is 10.6. The molecule has 2 aromatic rings. The number of hydrogen-bond acceptors (Lipinski definition) is 6. The highest BCUT2D eigenvalue weighted by Crippen LogP contribution is 2.17. The van der Waals surface area contributed by atoms with E-state index in [1.54, 1.807) is 19.5 Å². The molecule has 0 saturated carbocycles. The van der Waals surface area contributed by atoms with Gasteiger partial charge in [-0.2, -0.15) is 9.36 Å². The van der Waals surface area contributed by atoms with Gasteiger partial charge in [0.25, 0.3) is 0 Å². The van der Waals surface area contributed by atoms with Crippen molar-refractivity contribution in [3.63, 3.8) is 0 Å². The van der Waals surface area contributed by atoms with Crippen molar-refractivity contribution >= 4 is 16.7 Å². The Bertz CT molecular complexity index is 399. The third-order valence-electron chi connectivity index (χ3n) is 1.72. The second-order valence-corrected chi connectivity index (χ2v) is 3.53. The van der Waals surface area contributed by atoms with Gasteiger partial charge in [-0.1, -0.05) is 0 Å². The molecule has 80 valence electrons. The van der Waals surface area contributed by atoms with Crippen LogP contribution in [-0.4, -0.2) is 39.6 Å². The van der Waals surface area contributed by atoms with E-state index in [-0.39, 0.29) is 0 Å². The lowest BCUT2D eigenvalue weighted by molar-refractivity contribution is 0.211. The first kappa shape index (κ1) is 10.1. The molecule has 0 atom stereocenters. The Labute approximate surface area is 90.9 Å². The van der Waals surface area contributed by atoms with Crippen molar-refractivity contribution in [3.05, 3.63) is 12.4 Å². The molecular weight excluding hydrogens is 214 g/mol. The largest absolute Gasteiger partial charge is 0.383 e. The predicted octanol–water partition coefficient (Wildman–Crippen LogP) is 0.986. The van der Waals surface area contributed by atoms with Gasteiger partial charge in [-0.05, 0) is 0 Å². The Hall–Kier alpha value is -1.47. The minimum Gasteiger partial charge on any atom is -0.383 e. The van der Waals surface area contributed by atoms with Crippen molar-refractivity contribution in [3.8, 4) is 11.6 Å². The molecule has 2 N–H and O–H groups in total. The van der Waals surface area contributed by atoms with Crippen LogP contribution in [0.5, 0.6) is 0 Å². The van der Waals surface area contributed by atoms with E-state index in [0.717, 1.165) is 11.7 Å². The summed E-state index contributed by atoms with van der Waals surface area (Å²) in [5.74, 6) is 1.30. The first-order valence-electron chi connectivity index (χ1n) is 4.46. The molecule has 0 aliphatic rings. The van der Waals surface area contributed by atoms with Gasteiger partial charge in [0.15, 0.2) is 5.82 Å². The average molecular weight is 225 g/mol. The summed E-state index contributed by atoms with van der Waals surface area (Å²) in [6, 6.07) is 0. The molecule has 0 amide bonds. The second-order valence-electron chi connectivity index (χ2n) is 2.78. The van der Waals surface area contributed by atoms with E-state index in [2.05, 4.69) is 24.6 Å². The van der Waals surface area contributed by atoms with Crippen LogP contribution in [0.4, 0.5) is 5.13 Å². The summed E-state index contributed by atoms with van der Waals surface area (Å²) in [6.07, 6.45) is 3.42. The van der Waals surface area contributed by atoms with Crippen LogP contribution in [0.2, 0.25) is 0 Å². The molecule has 2 rings (SSSR count). The summed E-state index contributed by atoms with van der Waals surface area (Å²) in [4.78, 5) is 11.3. The van der Waals surface area contributed by atoms with Crippen molar-refractivity contribution in [2.24, 2.45) is 0 Å². The molecule has 0 saturated heterocycles. The number of hydrogen-bond donors (Lipinski definition) is 2. The Morgan fingerprint density at radius 2 is 2.53 bits per heavy atom. The molecule has 0 radical (unpaired) electrons. The molecule has 0 unspecified atom stereocenters. The van der Waals surface area contributed by atoms with E-state index < -0.39 is 0 Å². The lowest BCUT2D eigenvalue weighted by Gasteiger charge is -1.98. The lowest BCUT2D eigenvalue weighted by Crippen LogP contribution is -2.07. The maximum absolute atomic E-state index is 4.92. The first-order valence-corrected chi connectivity index (χ1v) is 5.24. The van der Waals surface area contributed by atoms with Gasteiger partial charge in [-0.25, -0.2) is 4.98 Å². The average Bonchev–Trinajstić information content (AvgIpc) is 2.87. The highest BCUT2D eigenvalue weighted by atomic mass is 32.1. The molecule has 0 spiro atoms. The molecule has 2 heterocycles. The van der Waals surface area contributed by atoms with Gasteiger partial charge in [-0.15, -0.1) is 0 Å². The first-order chi connectivity index (χ1) is 7.40. The molecular formula is C8H11N5OS. The number of ether oxygens (including phenoxy) is 1. The van der Waals surface area contributed by atoms with Gasteiger partial charge in [0, 0.05) is 37.6 Å². The van der Waals surface area contributed by atoms with Crippen molar-refractivity contribution in [2.45, 2.75) is 0 Å². The van der Waals surface area contributed by atoms with Gasteiger partial charge in [0.1, 0.15) is 0 Å². The van der Waals surface area contributed by atoms with E-state index in [1.807, 2.05) is 0 Å². The Kier molecular flexibility index (Phi) is 3.25. The molecule has 15 heavy (non-hydrogen) atoms. The molecule has 2 aromatic heterocycles. The van der Waals surface area contributed by atoms with Crippen LogP contribution < -0.4 is 5.32 Å². The maximum atomic E-state index is 4.92. The molecule has 7 heteroatoms. The minimum atomic E-state index is 0.616. The van der Waals surface area contributed by atoms with Crippen molar-refractivity contribution in [2.75, 3.05) is 25.6 Å². The number of methoxy groups -OCH3 is 1. The van der Waals surface area contributed by atoms with Gasteiger partial charge in [0.05, 0.1) is 6.61 Å². The number of nitrogens with zero attached hydrogens (tertiary/aromatic N) is 3. The Balaban J connectivity index is 1.98. The molecule has 0 fully saturated rings. The van der Waals surface area contributed by atoms with E-state index in [4.69, 9.17) is 4.74 Å². The number of aromatic nitrogens is 4. The summed E-state index contributed by atoms with van der Waals surface area (Å²) in [6.45, 7) is 1.37. The van der Waals surface area contributed by atoms with E-state index in [9.17, 15) is 0 Å². The normalized spacial score (nSPS) is 10.5. The van der Waals surface area contributed by atoms with Gasteiger partial charge in [-0.3, -0.25) is 0 Å². The topological polar surface area (TPSA) is 75.7 Å². The van der Waals surface area contributed by atoms with Crippen molar-refractivity contribution < 1.29 is 4.74 Å². The zero-order valence-corrected chi connectivity index (χ0v) is 9.04. The fourth-order valence-corrected chi connectivity index (χ4v) is 1.63. The molecule has 0 bridgehead atoms. The van der Waals surface area contributed by atoms with E-state index >= 15 is 0 Å². The third-order valence-corrected chi connectivity index (χ3v) is 2.39. The summed E-state index contributed by atoms with van der Waals surface area (Å²) in [7, 11) is 1.66. The smallest absolute Gasteiger partial charge is 0.210 e. The summed E-state index contributed by atoms with van der Waals surface area (Å²) in [5, 5.41) is 3.88. The number of nitrogens with one attached hydrogen (secondary N) is 2. The number of rotatable bonds is 5. The van der Waals surface area contributed by atoms with Gasteiger partial charge < -0.3 is 15.0 Å². The standard InChI is InChI=1S/C8H11N5OS/c1-14-5-4-11-8-12-7(13-15-8)6-9-2-3-10-6/h2-3H,4-5H2,1H3,(H,9,10)(H,11,12,13). The fourth-order valence-electron chi connectivity index (χ4n) is 1.04. The van der Waals surface area contributed by atoms with Crippen LogP contribution in [0.3, 0.4) is 0 Å². The minimum absolute atomic E-state index is 0.616. The van der Waals surface area contributed by atoms with E-state index in [0.29, 0.717) is 18.3 Å². The zero-order chi connectivity index (χ0) is 10.5. The SMILES string of the molecule is COCCNc1nc(-c2ncc[nH]2)ns1. The molecule has 0 aliphatic heterocycles. The number of anilines is 1. The van der Waals surface area contributed by atoms with E-state index in [1.165, 1.54) is 11.5 Å². The summed E-state index contributed by atoms with van der Waals surface area (Å²) >= 11 is 1.31. The molecule has 0 aliphatic carbocycles. The Morgan fingerprint density at radius 3 is 3.27 bits per heavy atom. The maximum Gasteiger partial charge on any atom is 0.210 e. The van der Waals surface area contributed by atoms with Crippen LogP contribution in [0.15, 0.2) is 12.4 Å². The summed E-state index contributed by atoms with van der Waals surface area (Å²) in [5.41, 5.74) is 0. The highest BCUT2D eigenvalue weighted by Gasteiger charge is 2.07. The quantitative estimate of drug-likeness (QED) is 0.742. The van der Waals surface area contributed by atoms with Crippen molar-refractivity contribution in [1.82, 2.24) is 19.3 Å². The van der Waals surface area contributed by atoms with Crippen LogP contribution in [0.1, 0.15) is 0 Å². The van der Waals surface area contributed by atoms with Crippen LogP contribution in [0.25, 0.3) is 11.6 Å². The number of aromatic amines is 1. The summed E-state index contributed by atoms with van der Waals surface area (Å²) < 4.78 is 9.09. The van der Waals surface area contributed by atoms with Gasteiger partial charge >= 0.3 is 0 Å². The zero-order valence-electron chi connectivity index (χ0n) is 8.23. The highest BCUT2D eigenvalue weighted by molar-refractivity contribution is 7.09.